The average Bonchev–Trinajstić information content (AvgIpc) is 3.15. The fraction of sp³-hybridized carbons (Fsp3) is 0.450. The first kappa shape index (κ1) is 21.8. The van der Waals surface area contributed by atoms with Gasteiger partial charge in [0.1, 0.15) is 10.7 Å². The van der Waals surface area contributed by atoms with Crippen LogP contribution < -0.4 is 10.6 Å². The van der Waals surface area contributed by atoms with Gasteiger partial charge in [-0.05, 0) is 31.9 Å². The van der Waals surface area contributed by atoms with E-state index in [2.05, 4.69) is 22.5 Å². The highest BCUT2D eigenvalue weighted by molar-refractivity contribution is 7.09. The van der Waals surface area contributed by atoms with Crippen LogP contribution in [0.4, 0.5) is 10.5 Å². The molecule has 2 N–H and O–H groups in total. The zero-order valence-corrected chi connectivity index (χ0v) is 17.6. The third-order valence-corrected chi connectivity index (χ3v) is 5.04. The SMILES string of the molecule is CCc1ccccc1NC(=O)N(Cc1nc(C(=O)NCCOC)cs1)C(C)C. The number of anilines is 1. The number of carbonyl (C=O) groups is 2. The van der Waals surface area contributed by atoms with Gasteiger partial charge >= 0.3 is 6.03 Å². The van der Waals surface area contributed by atoms with Crippen LogP contribution in [0.5, 0.6) is 0 Å². The van der Waals surface area contributed by atoms with Crippen LogP contribution in [0.25, 0.3) is 0 Å². The molecule has 0 aliphatic carbocycles. The number of nitrogens with zero attached hydrogens (tertiary/aromatic N) is 2. The number of carbonyl (C=O) groups excluding carboxylic acids is 2. The highest BCUT2D eigenvalue weighted by Gasteiger charge is 2.20. The normalized spacial score (nSPS) is 10.8. The van der Waals surface area contributed by atoms with E-state index in [-0.39, 0.29) is 18.0 Å². The predicted octanol–water partition coefficient (Wildman–Crippen LogP) is 3.52. The van der Waals surface area contributed by atoms with Crippen molar-refractivity contribution in [3.8, 4) is 0 Å². The van der Waals surface area contributed by atoms with E-state index < -0.39 is 0 Å². The summed E-state index contributed by atoms with van der Waals surface area (Å²) >= 11 is 1.37. The van der Waals surface area contributed by atoms with Gasteiger partial charge in [-0.2, -0.15) is 0 Å². The summed E-state index contributed by atoms with van der Waals surface area (Å²) in [5.74, 6) is -0.239. The van der Waals surface area contributed by atoms with Crippen LogP contribution in [-0.4, -0.2) is 48.1 Å². The quantitative estimate of drug-likeness (QED) is 0.627. The Bertz CT molecular complexity index is 791. The molecule has 2 rings (SSSR count). The van der Waals surface area contributed by atoms with Gasteiger partial charge in [-0.15, -0.1) is 11.3 Å². The highest BCUT2D eigenvalue weighted by Crippen LogP contribution is 2.19. The minimum Gasteiger partial charge on any atom is -0.383 e. The van der Waals surface area contributed by atoms with Crippen molar-refractivity contribution in [1.82, 2.24) is 15.2 Å². The van der Waals surface area contributed by atoms with E-state index in [4.69, 9.17) is 4.74 Å². The second-order valence-corrected chi connectivity index (χ2v) is 7.48. The molecule has 0 bridgehead atoms. The number of para-hydroxylation sites is 1. The number of aryl methyl sites for hydroxylation is 1. The fourth-order valence-corrected chi connectivity index (χ4v) is 3.39. The summed E-state index contributed by atoms with van der Waals surface area (Å²) in [5, 5.41) is 8.16. The van der Waals surface area contributed by atoms with Gasteiger partial charge in [-0.25, -0.2) is 9.78 Å². The summed E-state index contributed by atoms with van der Waals surface area (Å²) in [7, 11) is 1.58. The van der Waals surface area contributed by atoms with Gasteiger partial charge in [0.2, 0.25) is 0 Å². The third kappa shape index (κ3) is 6.03. The fourth-order valence-electron chi connectivity index (χ4n) is 2.62. The topological polar surface area (TPSA) is 83.6 Å². The Morgan fingerprint density at radius 3 is 2.71 bits per heavy atom. The van der Waals surface area contributed by atoms with Crippen molar-refractivity contribution in [1.29, 1.82) is 0 Å². The number of hydrogen-bond donors (Lipinski definition) is 2. The molecule has 8 heteroatoms. The lowest BCUT2D eigenvalue weighted by Gasteiger charge is -2.26. The molecule has 0 aliphatic rings. The van der Waals surface area contributed by atoms with E-state index in [1.165, 1.54) is 11.3 Å². The van der Waals surface area contributed by atoms with Gasteiger partial charge in [0.15, 0.2) is 0 Å². The van der Waals surface area contributed by atoms with Crippen molar-refractivity contribution in [2.24, 2.45) is 0 Å². The lowest BCUT2D eigenvalue weighted by Crippen LogP contribution is -2.39. The minimum atomic E-state index is -0.239. The largest absolute Gasteiger partial charge is 0.383 e. The van der Waals surface area contributed by atoms with Crippen molar-refractivity contribution in [2.45, 2.75) is 39.8 Å². The van der Waals surface area contributed by atoms with E-state index in [1.54, 1.807) is 17.4 Å². The molecule has 7 nitrogen and oxygen atoms in total. The molecule has 3 amide bonds. The van der Waals surface area contributed by atoms with E-state index in [0.29, 0.717) is 30.4 Å². The van der Waals surface area contributed by atoms with Crippen LogP contribution in [0.15, 0.2) is 29.6 Å². The number of hydrogen-bond acceptors (Lipinski definition) is 5. The van der Waals surface area contributed by atoms with Crippen LogP contribution in [0.1, 0.15) is 41.8 Å². The van der Waals surface area contributed by atoms with Crippen LogP contribution in [0.3, 0.4) is 0 Å². The Balaban J connectivity index is 2.04. The molecule has 2 aromatic rings. The van der Waals surface area contributed by atoms with Crippen LogP contribution in [-0.2, 0) is 17.7 Å². The lowest BCUT2D eigenvalue weighted by molar-refractivity contribution is 0.0932. The number of nitrogens with one attached hydrogen (secondary N) is 2. The smallest absolute Gasteiger partial charge is 0.322 e. The highest BCUT2D eigenvalue weighted by atomic mass is 32.1. The summed E-state index contributed by atoms with van der Waals surface area (Å²) in [6, 6.07) is 7.58. The maximum atomic E-state index is 12.8. The Morgan fingerprint density at radius 1 is 1.29 bits per heavy atom. The average molecular weight is 405 g/mol. The standard InChI is InChI=1S/C20H28N4O3S/c1-5-15-8-6-7-9-16(15)23-20(26)24(14(2)3)12-18-22-17(13-28-18)19(25)21-10-11-27-4/h6-9,13-14H,5,10-12H2,1-4H3,(H,21,25)(H,23,26). The zero-order valence-electron chi connectivity index (χ0n) is 16.8. The van der Waals surface area contributed by atoms with E-state index >= 15 is 0 Å². The molecule has 0 saturated carbocycles. The first-order valence-electron chi connectivity index (χ1n) is 9.33. The number of amides is 3. The van der Waals surface area contributed by atoms with E-state index in [0.717, 1.165) is 17.7 Å². The molecule has 1 aromatic heterocycles. The van der Waals surface area contributed by atoms with E-state index in [1.807, 2.05) is 38.1 Å². The molecule has 0 radical (unpaired) electrons. The Labute approximate surface area is 170 Å². The lowest BCUT2D eigenvalue weighted by atomic mass is 10.1. The molecular formula is C20H28N4O3S. The summed E-state index contributed by atoms with van der Waals surface area (Å²) in [5.41, 5.74) is 2.26. The summed E-state index contributed by atoms with van der Waals surface area (Å²) < 4.78 is 4.92. The summed E-state index contributed by atoms with van der Waals surface area (Å²) in [6.07, 6.45) is 0.839. The predicted molar refractivity (Wildman–Crippen MR) is 112 cm³/mol. The summed E-state index contributed by atoms with van der Waals surface area (Å²) in [4.78, 5) is 31.0. The van der Waals surface area contributed by atoms with Gasteiger partial charge in [-0.3, -0.25) is 4.79 Å². The monoisotopic (exact) mass is 404 g/mol. The number of thiazole rings is 1. The van der Waals surface area contributed by atoms with Gasteiger partial charge in [0, 0.05) is 30.8 Å². The Kier molecular flexibility index (Phi) is 8.41. The zero-order chi connectivity index (χ0) is 20.5. The number of aromatic nitrogens is 1. The number of rotatable bonds is 9. The van der Waals surface area contributed by atoms with Crippen LogP contribution in [0, 0.1) is 0 Å². The third-order valence-electron chi connectivity index (χ3n) is 4.21. The molecule has 0 spiro atoms. The number of methoxy groups -OCH3 is 1. The molecular weight excluding hydrogens is 376 g/mol. The van der Waals surface area contributed by atoms with Crippen molar-refractivity contribution in [3.05, 3.63) is 45.9 Å². The van der Waals surface area contributed by atoms with E-state index in [9.17, 15) is 9.59 Å². The maximum absolute atomic E-state index is 12.8. The second-order valence-electron chi connectivity index (χ2n) is 6.54. The summed E-state index contributed by atoms with van der Waals surface area (Å²) in [6.45, 7) is 7.19. The number of urea groups is 1. The van der Waals surface area contributed by atoms with Gasteiger partial charge in [-0.1, -0.05) is 25.1 Å². The molecule has 1 aromatic carbocycles. The van der Waals surface area contributed by atoms with Crippen molar-refractivity contribution < 1.29 is 14.3 Å². The molecule has 0 atom stereocenters. The van der Waals surface area contributed by atoms with Crippen molar-refractivity contribution in [2.75, 3.05) is 25.6 Å². The van der Waals surface area contributed by atoms with Crippen molar-refractivity contribution in [3.63, 3.8) is 0 Å². The first-order chi connectivity index (χ1) is 13.5. The number of benzene rings is 1. The molecule has 152 valence electrons. The maximum Gasteiger partial charge on any atom is 0.322 e. The molecule has 0 unspecified atom stereocenters. The first-order valence-corrected chi connectivity index (χ1v) is 10.2. The Hall–Kier alpha value is -2.45. The number of ether oxygens (including phenoxy) is 1. The molecule has 0 saturated heterocycles. The van der Waals surface area contributed by atoms with Gasteiger partial charge < -0.3 is 20.3 Å². The molecule has 0 fully saturated rings. The molecule has 28 heavy (non-hydrogen) atoms. The van der Waals surface area contributed by atoms with Gasteiger partial charge in [0.25, 0.3) is 5.91 Å². The molecule has 0 aliphatic heterocycles. The van der Waals surface area contributed by atoms with Crippen LogP contribution >= 0.6 is 11.3 Å². The minimum absolute atomic E-state index is 0.0170. The van der Waals surface area contributed by atoms with Crippen LogP contribution in [0.2, 0.25) is 0 Å². The molecule has 1 heterocycles. The Morgan fingerprint density at radius 2 is 2.04 bits per heavy atom. The van der Waals surface area contributed by atoms with Crippen molar-refractivity contribution >= 4 is 29.0 Å². The van der Waals surface area contributed by atoms with Gasteiger partial charge in [0.05, 0.1) is 13.2 Å². The second kappa shape index (κ2) is 10.8.